The summed E-state index contributed by atoms with van der Waals surface area (Å²) in [6.45, 7) is 0. The molecule has 0 fully saturated rings. The predicted molar refractivity (Wildman–Crippen MR) is 69.4 cm³/mol. The van der Waals surface area contributed by atoms with Crippen molar-refractivity contribution < 1.29 is 9.90 Å². The number of hydrogen-bond donors (Lipinski definition) is 2. The number of phenols is 1. The second-order valence-electron chi connectivity index (χ2n) is 3.46. The zero-order chi connectivity index (χ0) is 13.0. The van der Waals surface area contributed by atoms with Crippen molar-refractivity contribution >= 4 is 35.6 Å². The van der Waals surface area contributed by atoms with Gasteiger partial charge in [0.2, 0.25) is 0 Å². The average molecular weight is 265 g/mol. The summed E-state index contributed by atoms with van der Waals surface area (Å²) in [5.74, 6) is -0.256. The number of halogens is 1. The Kier molecular flexibility index (Phi) is 3.69. The van der Waals surface area contributed by atoms with Crippen molar-refractivity contribution in [1.29, 1.82) is 0 Å². The lowest BCUT2D eigenvalue weighted by Crippen LogP contribution is -2.38. The van der Waals surface area contributed by atoms with Crippen LogP contribution in [0.1, 0.15) is 5.56 Å². The average Bonchev–Trinajstić information content (AvgIpc) is 2.37. The molecular weight excluding hydrogens is 256 g/mol. The third-order valence-electron chi connectivity index (χ3n) is 2.13. The van der Waals surface area contributed by atoms with Gasteiger partial charge in [-0.25, -0.2) is 5.43 Å². The number of nitrogens with zero attached hydrogens (tertiary/aromatic N) is 3. The molecular formula is C11H9ClN4O2. The van der Waals surface area contributed by atoms with E-state index in [1.165, 1.54) is 24.6 Å². The smallest absolute Gasteiger partial charge is 0.264 e. The summed E-state index contributed by atoms with van der Waals surface area (Å²) >= 11 is 5.79. The first kappa shape index (κ1) is 12.3. The van der Waals surface area contributed by atoms with Gasteiger partial charge in [0, 0.05) is 0 Å². The molecule has 0 saturated heterocycles. The highest BCUT2D eigenvalue weighted by atomic mass is 35.5. The van der Waals surface area contributed by atoms with Gasteiger partial charge in [-0.05, 0) is 29.8 Å². The number of aromatic hydroxyl groups is 1. The van der Waals surface area contributed by atoms with Gasteiger partial charge in [0.25, 0.3) is 5.91 Å². The summed E-state index contributed by atoms with van der Waals surface area (Å²) in [5, 5.41) is 19.4. The maximum atomic E-state index is 11.2. The molecule has 2 rings (SSSR count). The molecule has 18 heavy (non-hydrogen) atoms. The topological polar surface area (TPSA) is 86.4 Å². The van der Waals surface area contributed by atoms with E-state index < -0.39 is 11.3 Å². The molecule has 1 atom stereocenters. The van der Waals surface area contributed by atoms with Crippen molar-refractivity contribution in [1.82, 2.24) is 5.43 Å². The Morgan fingerprint density at radius 2 is 2.11 bits per heavy atom. The highest BCUT2D eigenvalue weighted by Crippen LogP contribution is 2.08. The molecule has 7 heteroatoms. The fourth-order valence-corrected chi connectivity index (χ4v) is 1.37. The van der Waals surface area contributed by atoms with Crippen molar-refractivity contribution in [2.24, 2.45) is 15.3 Å². The minimum Gasteiger partial charge on any atom is -0.508 e. The highest BCUT2D eigenvalue weighted by Gasteiger charge is 2.23. The number of benzene rings is 1. The van der Waals surface area contributed by atoms with Crippen LogP contribution >= 0.6 is 11.6 Å². The van der Waals surface area contributed by atoms with E-state index >= 15 is 0 Å². The minimum absolute atomic E-state index is 0.176. The molecule has 1 heterocycles. The number of phenolic OH excluding ortho intramolecular Hbond substituents is 1. The van der Waals surface area contributed by atoms with E-state index in [0.717, 1.165) is 5.56 Å². The summed E-state index contributed by atoms with van der Waals surface area (Å²) < 4.78 is 0. The zero-order valence-electron chi connectivity index (χ0n) is 9.12. The first-order chi connectivity index (χ1) is 8.66. The van der Waals surface area contributed by atoms with Crippen LogP contribution in [0.2, 0.25) is 0 Å². The van der Waals surface area contributed by atoms with Gasteiger partial charge in [0.1, 0.15) is 11.5 Å². The molecule has 1 unspecified atom stereocenters. The first-order valence-corrected chi connectivity index (χ1v) is 5.47. The van der Waals surface area contributed by atoms with E-state index in [9.17, 15) is 4.79 Å². The predicted octanol–water partition coefficient (Wildman–Crippen LogP) is 0.890. The van der Waals surface area contributed by atoms with Gasteiger partial charge in [-0.2, -0.15) is 15.3 Å². The summed E-state index contributed by atoms with van der Waals surface area (Å²) in [6.07, 6.45) is 2.82. The Labute approximate surface area is 108 Å². The number of amides is 1. The van der Waals surface area contributed by atoms with Crippen LogP contribution in [0, 0.1) is 0 Å². The van der Waals surface area contributed by atoms with Crippen LogP contribution in [0.15, 0.2) is 39.6 Å². The van der Waals surface area contributed by atoms with E-state index in [4.69, 9.17) is 16.7 Å². The number of carbonyl (C=O) groups is 1. The molecule has 6 nitrogen and oxygen atoms in total. The number of rotatable bonds is 2. The first-order valence-electron chi connectivity index (χ1n) is 5.04. The quantitative estimate of drug-likeness (QED) is 0.472. The van der Waals surface area contributed by atoms with Gasteiger partial charge >= 0.3 is 0 Å². The van der Waals surface area contributed by atoms with Crippen LogP contribution in [-0.2, 0) is 4.79 Å². The molecule has 2 N–H and O–H groups in total. The fraction of sp³-hybridized carbons (Fsp3) is 0.0909. The van der Waals surface area contributed by atoms with E-state index in [2.05, 4.69) is 20.7 Å². The summed E-state index contributed by atoms with van der Waals surface area (Å²) in [5.41, 5.74) is 3.25. The summed E-state index contributed by atoms with van der Waals surface area (Å²) in [4.78, 5) is 11.2. The Balaban J connectivity index is 2.10. The zero-order valence-corrected chi connectivity index (χ0v) is 9.87. The van der Waals surface area contributed by atoms with E-state index in [-0.39, 0.29) is 11.5 Å². The molecule has 92 valence electrons. The van der Waals surface area contributed by atoms with Gasteiger partial charge in [0.05, 0.1) is 12.4 Å². The lowest BCUT2D eigenvalue weighted by molar-refractivity contribution is -0.119. The lowest BCUT2D eigenvalue weighted by Gasteiger charge is -2.10. The normalized spacial score (nSPS) is 21.5. The van der Waals surface area contributed by atoms with Crippen molar-refractivity contribution in [2.75, 3.05) is 0 Å². The molecule has 1 aromatic carbocycles. The molecule has 1 aromatic rings. The third-order valence-corrected chi connectivity index (χ3v) is 2.56. The maximum Gasteiger partial charge on any atom is 0.264 e. The van der Waals surface area contributed by atoms with Crippen molar-refractivity contribution in [3.05, 3.63) is 29.8 Å². The molecule has 0 bridgehead atoms. The van der Waals surface area contributed by atoms with Gasteiger partial charge in [0.15, 0.2) is 5.38 Å². The number of hydrazone groups is 1. The fourth-order valence-electron chi connectivity index (χ4n) is 1.22. The van der Waals surface area contributed by atoms with Crippen molar-refractivity contribution in [3.63, 3.8) is 0 Å². The Morgan fingerprint density at radius 3 is 2.83 bits per heavy atom. The summed E-state index contributed by atoms with van der Waals surface area (Å²) in [6, 6.07) is 6.43. The molecule has 0 spiro atoms. The van der Waals surface area contributed by atoms with E-state index in [1.54, 1.807) is 12.1 Å². The molecule has 0 radical (unpaired) electrons. The molecule has 0 saturated carbocycles. The van der Waals surface area contributed by atoms with Crippen LogP contribution in [0.4, 0.5) is 0 Å². The number of alkyl halides is 1. The molecule has 0 aliphatic carbocycles. The monoisotopic (exact) mass is 264 g/mol. The van der Waals surface area contributed by atoms with Gasteiger partial charge in [-0.15, -0.1) is 11.6 Å². The molecule has 1 aliphatic heterocycles. The second-order valence-corrected chi connectivity index (χ2v) is 3.89. The van der Waals surface area contributed by atoms with E-state index in [1.807, 2.05) is 0 Å². The number of nitrogens with one attached hydrogen (secondary N) is 1. The highest BCUT2D eigenvalue weighted by molar-refractivity contribution is 6.54. The van der Waals surface area contributed by atoms with Crippen LogP contribution in [0.5, 0.6) is 5.75 Å². The number of hydrogen-bond acceptors (Lipinski definition) is 5. The van der Waals surface area contributed by atoms with Crippen LogP contribution in [-0.4, -0.2) is 34.5 Å². The maximum absolute atomic E-state index is 11.2. The molecule has 1 aliphatic rings. The van der Waals surface area contributed by atoms with Crippen molar-refractivity contribution in [3.8, 4) is 5.75 Å². The number of carbonyl (C=O) groups excluding carboxylic acids is 1. The van der Waals surface area contributed by atoms with Crippen LogP contribution in [0.3, 0.4) is 0 Å². The Morgan fingerprint density at radius 1 is 1.39 bits per heavy atom. The molecule has 0 aromatic heterocycles. The Hall–Kier alpha value is -2.21. The third kappa shape index (κ3) is 2.92. The van der Waals surface area contributed by atoms with Gasteiger partial charge < -0.3 is 5.11 Å². The molecule has 1 amide bonds. The van der Waals surface area contributed by atoms with Crippen molar-refractivity contribution in [2.45, 2.75) is 5.38 Å². The largest absolute Gasteiger partial charge is 0.508 e. The van der Waals surface area contributed by atoms with Crippen LogP contribution in [0.25, 0.3) is 0 Å². The van der Waals surface area contributed by atoms with Gasteiger partial charge in [-0.1, -0.05) is 0 Å². The second kappa shape index (κ2) is 5.42. The lowest BCUT2D eigenvalue weighted by atomic mass is 10.2. The van der Waals surface area contributed by atoms with E-state index in [0.29, 0.717) is 0 Å². The summed E-state index contributed by atoms with van der Waals surface area (Å²) in [7, 11) is 0. The standard InChI is InChI=1S/C11H9ClN4O2/c12-10-9(6-14-16-11(10)18)15-13-5-7-1-3-8(17)4-2-7/h1-6,10,17H,(H,16,18)/b13-5-,15-9-. The Bertz CT molecular complexity index is 536. The minimum atomic E-state index is -0.889. The van der Waals surface area contributed by atoms with Gasteiger partial charge in [-0.3, -0.25) is 4.79 Å². The SMILES string of the molecule is O=C1NN=C/C(=N/N=C\c2ccc(O)cc2)C1Cl. The van der Waals surface area contributed by atoms with Crippen LogP contribution < -0.4 is 5.43 Å².